The summed E-state index contributed by atoms with van der Waals surface area (Å²) in [6, 6.07) is 14.7. The number of halogens is 1. The first-order valence-corrected chi connectivity index (χ1v) is 12.8. The van der Waals surface area contributed by atoms with Gasteiger partial charge in [0.2, 0.25) is 0 Å². The second-order valence-corrected chi connectivity index (χ2v) is 10.3. The molecular formula is C28H33FN6O. The molecule has 0 aliphatic heterocycles. The number of aromatic amines is 1. The fraction of sp³-hybridized carbons (Fsp3) is 0.429. The molecule has 2 aromatic carbocycles. The van der Waals surface area contributed by atoms with Crippen molar-refractivity contribution in [2.45, 2.75) is 71.6 Å². The molecule has 7 nitrogen and oxygen atoms in total. The third kappa shape index (κ3) is 4.95. The molecular weight excluding hydrogens is 455 g/mol. The van der Waals surface area contributed by atoms with Crippen molar-refractivity contribution in [1.82, 2.24) is 30.1 Å². The normalized spacial score (nSPS) is 15.4. The maximum Gasteiger partial charge on any atom is 0.252 e. The Morgan fingerprint density at radius 3 is 2.58 bits per heavy atom. The van der Waals surface area contributed by atoms with Gasteiger partial charge in [-0.2, -0.15) is 0 Å². The fourth-order valence-electron chi connectivity index (χ4n) is 5.53. The molecule has 1 N–H and O–H groups in total. The molecule has 0 bridgehead atoms. The molecule has 1 aliphatic carbocycles. The van der Waals surface area contributed by atoms with Gasteiger partial charge in [0.25, 0.3) is 5.56 Å². The van der Waals surface area contributed by atoms with Gasteiger partial charge in [-0.3, -0.25) is 9.69 Å². The highest BCUT2D eigenvalue weighted by molar-refractivity contribution is 5.81. The summed E-state index contributed by atoms with van der Waals surface area (Å²) in [5.41, 5.74) is 3.45. The first kappa shape index (κ1) is 24.3. The Balaban J connectivity index is 1.57. The van der Waals surface area contributed by atoms with E-state index in [2.05, 4.69) is 39.3 Å². The van der Waals surface area contributed by atoms with Crippen LogP contribution in [0.15, 0.2) is 53.3 Å². The quantitative estimate of drug-likeness (QED) is 0.355. The first-order valence-electron chi connectivity index (χ1n) is 12.8. The lowest BCUT2D eigenvalue weighted by atomic mass is 9.99. The Morgan fingerprint density at radius 2 is 1.86 bits per heavy atom. The number of H-pyrrole nitrogens is 1. The molecule has 0 spiro atoms. The highest BCUT2D eigenvalue weighted by Crippen LogP contribution is 2.35. The molecule has 8 heteroatoms. The summed E-state index contributed by atoms with van der Waals surface area (Å²) in [5, 5.41) is 14.0. The number of aryl methyl sites for hydroxylation is 1. The summed E-state index contributed by atoms with van der Waals surface area (Å²) >= 11 is 0. The van der Waals surface area contributed by atoms with E-state index in [1.807, 2.05) is 35.9 Å². The third-order valence-electron chi connectivity index (χ3n) is 7.32. The van der Waals surface area contributed by atoms with E-state index in [4.69, 9.17) is 0 Å². The molecule has 0 unspecified atom stereocenters. The Bertz CT molecular complexity index is 1390. The van der Waals surface area contributed by atoms with Crippen LogP contribution in [0.25, 0.3) is 10.9 Å². The van der Waals surface area contributed by atoms with E-state index < -0.39 is 0 Å². The lowest BCUT2D eigenvalue weighted by Gasteiger charge is -2.34. The molecule has 1 atom stereocenters. The van der Waals surface area contributed by atoms with E-state index in [9.17, 15) is 9.18 Å². The molecule has 36 heavy (non-hydrogen) atoms. The van der Waals surface area contributed by atoms with Gasteiger partial charge < -0.3 is 4.98 Å². The van der Waals surface area contributed by atoms with Crippen LogP contribution in [-0.4, -0.2) is 30.1 Å². The zero-order valence-corrected chi connectivity index (χ0v) is 21.1. The van der Waals surface area contributed by atoms with Crippen molar-refractivity contribution < 1.29 is 4.39 Å². The van der Waals surface area contributed by atoms with Crippen LogP contribution in [0.4, 0.5) is 4.39 Å². The number of benzene rings is 2. The molecule has 0 amide bonds. The Morgan fingerprint density at radius 1 is 1.11 bits per heavy atom. The summed E-state index contributed by atoms with van der Waals surface area (Å²) in [7, 11) is 0. The molecule has 1 fully saturated rings. The Hall–Kier alpha value is -3.39. The number of tetrazole rings is 1. The smallest absolute Gasteiger partial charge is 0.252 e. The van der Waals surface area contributed by atoms with Crippen LogP contribution in [0.2, 0.25) is 0 Å². The number of nitrogens with one attached hydrogen (secondary N) is 1. The van der Waals surface area contributed by atoms with E-state index in [1.165, 1.54) is 25.0 Å². The monoisotopic (exact) mass is 488 g/mol. The highest BCUT2D eigenvalue weighted by atomic mass is 19.1. The minimum atomic E-state index is -0.266. The highest BCUT2D eigenvalue weighted by Gasteiger charge is 2.32. The van der Waals surface area contributed by atoms with Gasteiger partial charge in [-0.15, -0.1) is 5.10 Å². The molecule has 2 heterocycles. The van der Waals surface area contributed by atoms with Gasteiger partial charge in [-0.25, -0.2) is 9.07 Å². The van der Waals surface area contributed by atoms with Crippen LogP contribution in [-0.2, 0) is 13.1 Å². The predicted molar refractivity (Wildman–Crippen MR) is 138 cm³/mol. The van der Waals surface area contributed by atoms with Crippen molar-refractivity contribution in [2.75, 3.05) is 0 Å². The van der Waals surface area contributed by atoms with Crippen LogP contribution in [0, 0.1) is 18.7 Å². The minimum Gasteiger partial charge on any atom is -0.321 e. The van der Waals surface area contributed by atoms with E-state index in [0.717, 1.165) is 40.7 Å². The molecule has 1 saturated carbocycles. The SMILES string of the molecule is Cc1cccc2cc(CN(Cc3ccc(F)cc3)[C@H](c3nnnn3C3CCCC3)C(C)C)c(=O)[nH]c12. The van der Waals surface area contributed by atoms with Gasteiger partial charge >= 0.3 is 0 Å². The van der Waals surface area contributed by atoms with Gasteiger partial charge in [-0.05, 0) is 70.8 Å². The van der Waals surface area contributed by atoms with Gasteiger partial charge in [0.05, 0.1) is 17.6 Å². The number of fused-ring (bicyclic) bond motifs is 1. The summed E-state index contributed by atoms with van der Waals surface area (Å²) in [6.45, 7) is 7.26. The Kier molecular flexibility index (Phi) is 6.96. The largest absolute Gasteiger partial charge is 0.321 e. The lowest BCUT2D eigenvalue weighted by Crippen LogP contribution is -2.35. The maximum absolute atomic E-state index is 13.7. The van der Waals surface area contributed by atoms with Crippen LogP contribution in [0.3, 0.4) is 0 Å². The number of pyridine rings is 1. The minimum absolute atomic E-state index is 0.0983. The number of aromatic nitrogens is 5. The number of para-hydroxylation sites is 1. The van der Waals surface area contributed by atoms with Crippen molar-refractivity contribution in [1.29, 1.82) is 0 Å². The molecule has 4 aromatic rings. The topological polar surface area (TPSA) is 79.7 Å². The van der Waals surface area contributed by atoms with Crippen molar-refractivity contribution >= 4 is 10.9 Å². The summed E-state index contributed by atoms with van der Waals surface area (Å²) in [6.07, 6.45) is 4.51. The lowest BCUT2D eigenvalue weighted by molar-refractivity contribution is 0.123. The van der Waals surface area contributed by atoms with Crippen LogP contribution in [0.1, 0.15) is 74.1 Å². The molecule has 5 rings (SSSR count). The van der Waals surface area contributed by atoms with Crippen LogP contribution < -0.4 is 5.56 Å². The number of nitrogens with zero attached hydrogens (tertiary/aromatic N) is 5. The van der Waals surface area contributed by atoms with Crippen molar-refractivity contribution in [3.05, 3.63) is 87.2 Å². The van der Waals surface area contributed by atoms with E-state index in [0.29, 0.717) is 24.7 Å². The van der Waals surface area contributed by atoms with Gasteiger partial charge in [0, 0.05) is 18.7 Å². The standard InChI is InChI=1S/C28H33FN6O/c1-18(2)26(27-31-32-33-35(27)24-9-4-5-10-24)34(16-20-11-13-23(29)14-12-20)17-22-15-21-8-6-7-19(3)25(21)30-28(22)36/h6-8,11-15,18,24,26H,4-5,9-10,16-17H2,1-3H3,(H,30,36)/t26-/m0/s1. The van der Waals surface area contributed by atoms with Gasteiger partial charge in [-0.1, -0.05) is 57.0 Å². The van der Waals surface area contributed by atoms with E-state index in [1.54, 1.807) is 12.1 Å². The molecule has 0 radical (unpaired) electrons. The maximum atomic E-state index is 13.7. The second kappa shape index (κ2) is 10.3. The van der Waals surface area contributed by atoms with Crippen molar-refractivity contribution in [2.24, 2.45) is 5.92 Å². The van der Waals surface area contributed by atoms with Crippen molar-refractivity contribution in [3.8, 4) is 0 Å². The number of rotatable bonds is 8. The average Bonchev–Trinajstić information content (AvgIpc) is 3.54. The fourth-order valence-corrected chi connectivity index (χ4v) is 5.53. The van der Waals surface area contributed by atoms with E-state index in [-0.39, 0.29) is 23.3 Å². The van der Waals surface area contributed by atoms with Gasteiger partial charge in [0.15, 0.2) is 5.82 Å². The third-order valence-corrected chi connectivity index (χ3v) is 7.32. The summed E-state index contributed by atoms with van der Waals surface area (Å²) in [4.78, 5) is 18.5. The predicted octanol–water partition coefficient (Wildman–Crippen LogP) is 5.48. The zero-order chi connectivity index (χ0) is 25.2. The molecule has 1 aliphatic rings. The molecule has 0 saturated heterocycles. The summed E-state index contributed by atoms with van der Waals surface area (Å²) in [5.74, 6) is 0.739. The Labute approximate surface area is 210 Å². The number of hydrogen-bond donors (Lipinski definition) is 1. The zero-order valence-electron chi connectivity index (χ0n) is 21.1. The molecule has 188 valence electrons. The van der Waals surface area contributed by atoms with Crippen molar-refractivity contribution in [3.63, 3.8) is 0 Å². The van der Waals surface area contributed by atoms with E-state index >= 15 is 0 Å². The van der Waals surface area contributed by atoms with Crippen LogP contribution >= 0.6 is 0 Å². The number of hydrogen-bond acceptors (Lipinski definition) is 5. The first-order chi connectivity index (χ1) is 17.4. The molecule has 2 aromatic heterocycles. The van der Waals surface area contributed by atoms with Crippen LogP contribution in [0.5, 0.6) is 0 Å². The second-order valence-electron chi connectivity index (χ2n) is 10.3. The average molecular weight is 489 g/mol. The van der Waals surface area contributed by atoms with Gasteiger partial charge in [0.1, 0.15) is 5.82 Å². The summed E-state index contributed by atoms with van der Waals surface area (Å²) < 4.78 is 15.7.